The normalized spacial score (nSPS) is 27.4. The van der Waals surface area contributed by atoms with Gasteiger partial charge in [0.05, 0.1) is 0 Å². The van der Waals surface area contributed by atoms with E-state index in [4.69, 9.17) is 0 Å². The van der Waals surface area contributed by atoms with Gasteiger partial charge in [0.2, 0.25) is 0 Å². The molecule has 0 aromatic carbocycles. The molecule has 58 valence electrons. The van der Waals surface area contributed by atoms with Crippen molar-refractivity contribution in [2.24, 2.45) is 0 Å². The van der Waals surface area contributed by atoms with Gasteiger partial charge >= 0.3 is 6.16 Å². The highest BCUT2D eigenvalue weighted by atomic mass is 79.9. The molecule has 0 atom stereocenters. The van der Waals surface area contributed by atoms with E-state index in [0.717, 1.165) is 0 Å². The summed E-state index contributed by atoms with van der Waals surface area (Å²) in [7, 11) is 0. The van der Waals surface area contributed by atoms with Crippen LogP contribution in [-0.2, 0) is 9.47 Å². The second kappa shape index (κ2) is 2.60. The number of cyclic esters (lactones) is 2. The SMILES string of the molecule is O=C1OC(Br)(Br)C(Br)(Br)O1. The largest absolute Gasteiger partial charge is 0.512 e. The summed E-state index contributed by atoms with van der Waals surface area (Å²) in [5, 5.41) is 0. The van der Waals surface area contributed by atoms with E-state index in [1.807, 2.05) is 0 Å². The highest BCUT2D eigenvalue weighted by Gasteiger charge is 2.58. The summed E-state index contributed by atoms with van der Waals surface area (Å²) in [4.78, 5) is 10.5. The lowest BCUT2D eigenvalue weighted by molar-refractivity contribution is 0.124. The Morgan fingerprint density at radius 2 is 1.30 bits per heavy atom. The molecule has 1 heterocycles. The van der Waals surface area contributed by atoms with Crippen LogP contribution in [-0.4, -0.2) is 13.0 Å². The third kappa shape index (κ3) is 1.51. The fourth-order valence-corrected chi connectivity index (χ4v) is 1.20. The Morgan fingerprint density at radius 1 is 1.00 bits per heavy atom. The van der Waals surface area contributed by atoms with Crippen LogP contribution in [0.1, 0.15) is 0 Å². The molecule has 0 aromatic rings. The van der Waals surface area contributed by atoms with Crippen LogP contribution in [0.2, 0.25) is 0 Å². The molecule has 3 nitrogen and oxygen atoms in total. The third-order valence-corrected chi connectivity index (χ3v) is 5.77. The maximum absolute atomic E-state index is 10.5. The second-order valence-electron chi connectivity index (χ2n) is 1.49. The number of ether oxygens (including phenoxy) is 2. The summed E-state index contributed by atoms with van der Waals surface area (Å²) in [5.74, 6) is 0. The van der Waals surface area contributed by atoms with Gasteiger partial charge in [-0.3, -0.25) is 0 Å². The average molecular weight is 404 g/mol. The molecule has 0 spiro atoms. The van der Waals surface area contributed by atoms with E-state index in [1.165, 1.54) is 0 Å². The molecule has 7 heteroatoms. The number of halogens is 4. The highest BCUT2D eigenvalue weighted by molar-refractivity contribution is 9.30. The molecule has 1 aliphatic rings. The predicted octanol–water partition coefficient (Wildman–Crippen LogP) is 3.04. The maximum atomic E-state index is 10.5. The lowest BCUT2D eigenvalue weighted by Gasteiger charge is -2.19. The number of rotatable bonds is 0. The van der Waals surface area contributed by atoms with E-state index in [9.17, 15) is 4.79 Å². The van der Waals surface area contributed by atoms with Crippen molar-refractivity contribution in [3.63, 3.8) is 0 Å². The lowest BCUT2D eigenvalue weighted by Crippen LogP contribution is -2.29. The van der Waals surface area contributed by atoms with Crippen LogP contribution >= 0.6 is 63.7 Å². The van der Waals surface area contributed by atoms with E-state index in [2.05, 4.69) is 73.2 Å². The minimum Gasteiger partial charge on any atom is -0.399 e. The van der Waals surface area contributed by atoms with Gasteiger partial charge in [0, 0.05) is 0 Å². The molecule has 0 radical (unpaired) electrons. The van der Waals surface area contributed by atoms with Crippen molar-refractivity contribution in [2.75, 3.05) is 0 Å². The van der Waals surface area contributed by atoms with Gasteiger partial charge in [-0.15, -0.1) is 0 Å². The first-order valence-electron chi connectivity index (χ1n) is 2.03. The molecule has 10 heavy (non-hydrogen) atoms. The molecular weight excluding hydrogens is 404 g/mol. The Balaban J connectivity index is 2.88. The maximum Gasteiger partial charge on any atom is 0.512 e. The van der Waals surface area contributed by atoms with Gasteiger partial charge < -0.3 is 9.47 Å². The number of carbonyl (C=O) groups excluding carboxylic acids is 1. The second-order valence-corrected chi connectivity index (χ2v) is 8.08. The van der Waals surface area contributed by atoms with Gasteiger partial charge in [0.15, 0.2) is 0 Å². The molecule has 1 fully saturated rings. The molecule has 1 aliphatic heterocycles. The van der Waals surface area contributed by atoms with Crippen molar-refractivity contribution in [2.45, 2.75) is 6.84 Å². The predicted molar refractivity (Wildman–Crippen MR) is 48.7 cm³/mol. The van der Waals surface area contributed by atoms with E-state index in [0.29, 0.717) is 0 Å². The smallest absolute Gasteiger partial charge is 0.399 e. The van der Waals surface area contributed by atoms with Crippen molar-refractivity contribution < 1.29 is 14.3 Å². The first-order valence-corrected chi connectivity index (χ1v) is 5.20. The zero-order valence-electron chi connectivity index (χ0n) is 4.24. The Bertz CT molecular complexity index is 159. The standard InChI is InChI=1S/C3Br4O3/c4-2(5)3(6,7)10-1(8)9-2. The summed E-state index contributed by atoms with van der Waals surface area (Å²) in [6.45, 7) is 0. The van der Waals surface area contributed by atoms with Crippen LogP contribution in [0.5, 0.6) is 0 Å². The number of alkyl halides is 4. The summed E-state index contributed by atoms with van der Waals surface area (Å²) in [6, 6.07) is 0. The molecule has 0 amide bonds. The highest BCUT2D eigenvalue weighted by Crippen LogP contribution is 2.54. The Labute approximate surface area is 90.3 Å². The van der Waals surface area contributed by atoms with Gasteiger partial charge in [0.25, 0.3) is 6.84 Å². The third-order valence-electron chi connectivity index (χ3n) is 0.762. The number of carbonyl (C=O) groups is 1. The molecule has 0 saturated carbocycles. The van der Waals surface area contributed by atoms with Gasteiger partial charge in [-0.2, -0.15) is 0 Å². The fourth-order valence-electron chi connectivity index (χ4n) is 0.349. The van der Waals surface area contributed by atoms with Crippen LogP contribution in [0, 0.1) is 0 Å². The number of hydrogen-bond donors (Lipinski definition) is 0. The first-order chi connectivity index (χ1) is 4.35. The van der Waals surface area contributed by atoms with E-state index in [-0.39, 0.29) is 0 Å². The van der Waals surface area contributed by atoms with Gasteiger partial charge in [-0.1, -0.05) is 0 Å². The Kier molecular flexibility index (Phi) is 2.41. The van der Waals surface area contributed by atoms with Gasteiger partial charge in [-0.25, -0.2) is 4.79 Å². The Hall–Kier alpha value is 1.19. The average Bonchev–Trinajstić information content (AvgIpc) is 1.73. The number of hydrogen-bond acceptors (Lipinski definition) is 3. The van der Waals surface area contributed by atoms with Gasteiger partial charge in [-0.05, 0) is 63.7 Å². The fraction of sp³-hybridized carbons (Fsp3) is 0.667. The van der Waals surface area contributed by atoms with E-state index >= 15 is 0 Å². The quantitative estimate of drug-likeness (QED) is 0.461. The summed E-state index contributed by atoms with van der Waals surface area (Å²) >= 11 is 12.2. The topological polar surface area (TPSA) is 35.5 Å². The minimum absolute atomic E-state index is 0.762. The van der Waals surface area contributed by atoms with Crippen molar-refractivity contribution in [1.82, 2.24) is 0 Å². The van der Waals surface area contributed by atoms with Crippen LogP contribution < -0.4 is 0 Å². The van der Waals surface area contributed by atoms with E-state index < -0.39 is 13.0 Å². The monoisotopic (exact) mass is 400 g/mol. The minimum atomic E-state index is -1.05. The van der Waals surface area contributed by atoms with Crippen molar-refractivity contribution in [1.29, 1.82) is 0 Å². The zero-order valence-corrected chi connectivity index (χ0v) is 10.6. The van der Waals surface area contributed by atoms with Crippen LogP contribution in [0.25, 0.3) is 0 Å². The van der Waals surface area contributed by atoms with E-state index in [1.54, 1.807) is 0 Å². The lowest BCUT2D eigenvalue weighted by atomic mass is 10.8. The molecule has 0 aliphatic carbocycles. The molecule has 0 aromatic heterocycles. The van der Waals surface area contributed by atoms with Crippen LogP contribution in [0.4, 0.5) is 4.79 Å². The van der Waals surface area contributed by atoms with Crippen molar-refractivity contribution >= 4 is 69.9 Å². The summed E-state index contributed by atoms with van der Waals surface area (Å²) < 4.78 is 7.18. The summed E-state index contributed by atoms with van der Waals surface area (Å²) in [5.41, 5.74) is 0. The molecule has 0 N–H and O–H groups in total. The van der Waals surface area contributed by atoms with Crippen LogP contribution in [0.15, 0.2) is 0 Å². The van der Waals surface area contributed by atoms with Gasteiger partial charge in [0.1, 0.15) is 0 Å². The molecule has 1 rings (SSSR count). The summed E-state index contributed by atoms with van der Waals surface area (Å²) in [6.07, 6.45) is -0.762. The Morgan fingerprint density at radius 3 is 1.40 bits per heavy atom. The van der Waals surface area contributed by atoms with Crippen molar-refractivity contribution in [3.8, 4) is 0 Å². The molecule has 1 saturated heterocycles. The first kappa shape index (κ1) is 9.28. The van der Waals surface area contributed by atoms with Crippen molar-refractivity contribution in [3.05, 3.63) is 0 Å². The van der Waals surface area contributed by atoms with Crippen LogP contribution in [0.3, 0.4) is 0 Å². The molecular formula is C3Br4O3. The zero-order chi connectivity index (χ0) is 7.99. The molecule has 0 unspecified atom stereocenters. The molecule has 0 bridgehead atoms.